The van der Waals surface area contributed by atoms with Gasteiger partial charge in [0, 0.05) is 6.42 Å². The van der Waals surface area contributed by atoms with E-state index < -0.39 is 18.4 Å². The number of amides is 2. The second-order valence-electron chi connectivity index (χ2n) is 4.08. The van der Waals surface area contributed by atoms with Gasteiger partial charge in [-0.25, -0.2) is 0 Å². The van der Waals surface area contributed by atoms with Crippen molar-refractivity contribution < 1.29 is 19.5 Å². The highest BCUT2D eigenvalue weighted by atomic mass is 16.4. The molecule has 1 aliphatic carbocycles. The molecular weight excluding hydrogens is 224 g/mol. The predicted octanol–water partition coefficient (Wildman–Crippen LogP) is -0.259. The Balaban J connectivity index is 2.54. The molecule has 6 nitrogen and oxygen atoms in total. The predicted molar refractivity (Wildman–Crippen MR) is 59.9 cm³/mol. The number of carboxylic acid groups (broad SMARTS) is 1. The Morgan fingerprint density at radius 3 is 2.53 bits per heavy atom. The van der Waals surface area contributed by atoms with E-state index in [9.17, 15) is 14.4 Å². The van der Waals surface area contributed by atoms with Gasteiger partial charge in [0.15, 0.2) is 0 Å². The second kappa shape index (κ2) is 6.03. The Morgan fingerprint density at radius 2 is 2.06 bits per heavy atom. The van der Waals surface area contributed by atoms with E-state index in [1.807, 2.05) is 12.2 Å². The average molecular weight is 240 g/mol. The van der Waals surface area contributed by atoms with Crippen molar-refractivity contribution in [2.45, 2.75) is 19.3 Å². The topological polar surface area (TPSA) is 101 Å². The van der Waals surface area contributed by atoms with Gasteiger partial charge >= 0.3 is 5.97 Å². The van der Waals surface area contributed by atoms with Crippen molar-refractivity contribution in [2.75, 3.05) is 13.1 Å². The molecule has 0 aromatic rings. The summed E-state index contributed by atoms with van der Waals surface area (Å²) in [6, 6.07) is 0. The van der Waals surface area contributed by atoms with E-state index >= 15 is 0 Å². The van der Waals surface area contributed by atoms with Crippen LogP contribution in [0.3, 0.4) is 0 Å². The minimum absolute atomic E-state index is 0.145. The summed E-state index contributed by atoms with van der Waals surface area (Å²) in [5.41, 5.74) is 4.98. The van der Waals surface area contributed by atoms with Crippen LogP contribution < -0.4 is 5.73 Å². The summed E-state index contributed by atoms with van der Waals surface area (Å²) in [6.45, 7) is -0.834. The minimum atomic E-state index is -1.15. The normalized spacial score (nSPS) is 18.0. The lowest BCUT2D eigenvalue weighted by atomic mass is 10.0. The highest BCUT2D eigenvalue weighted by Gasteiger charge is 2.22. The first-order chi connectivity index (χ1) is 7.99. The molecular formula is C11H16N2O4. The van der Waals surface area contributed by atoms with E-state index in [4.69, 9.17) is 10.8 Å². The maximum atomic E-state index is 11.8. The Morgan fingerprint density at radius 1 is 1.35 bits per heavy atom. The van der Waals surface area contributed by atoms with Gasteiger partial charge in [-0.05, 0) is 18.8 Å². The molecule has 0 saturated heterocycles. The zero-order chi connectivity index (χ0) is 12.8. The zero-order valence-electron chi connectivity index (χ0n) is 9.46. The number of rotatable bonds is 6. The fourth-order valence-corrected chi connectivity index (χ4v) is 1.80. The van der Waals surface area contributed by atoms with Crippen LogP contribution in [-0.4, -0.2) is 40.9 Å². The Hall–Kier alpha value is -1.85. The molecule has 0 fully saturated rings. The molecule has 94 valence electrons. The summed E-state index contributed by atoms with van der Waals surface area (Å²) in [5.74, 6) is -2.06. The molecule has 0 saturated carbocycles. The van der Waals surface area contributed by atoms with E-state index in [1.165, 1.54) is 0 Å². The molecule has 0 bridgehead atoms. The maximum absolute atomic E-state index is 11.8. The molecule has 1 aliphatic rings. The lowest BCUT2D eigenvalue weighted by molar-refractivity contribution is -0.145. The third-order valence-electron chi connectivity index (χ3n) is 2.57. The van der Waals surface area contributed by atoms with Gasteiger partial charge in [-0.2, -0.15) is 0 Å². The monoisotopic (exact) mass is 240 g/mol. The summed E-state index contributed by atoms with van der Waals surface area (Å²) in [5, 5.41) is 8.65. The van der Waals surface area contributed by atoms with E-state index in [2.05, 4.69) is 0 Å². The quantitative estimate of drug-likeness (QED) is 0.624. The third-order valence-corrected chi connectivity index (χ3v) is 2.57. The number of allylic oxidation sites excluding steroid dienone is 2. The van der Waals surface area contributed by atoms with Crippen LogP contribution in [0.25, 0.3) is 0 Å². The largest absolute Gasteiger partial charge is 0.480 e. The number of carbonyl (C=O) groups excluding carboxylic acids is 2. The van der Waals surface area contributed by atoms with Crippen LogP contribution in [0.4, 0.5) is 0 Å². The van der Waals surface area contributed by atoms with Crippen LogP contribution in [0.2, 0.25) is 0 Å². The van der Waals surface area contributed by atoms with Crippen LogP contribution in [0.15, 0.2) is 12.2 Å². The lowest BCUT2D eigenvalue weighted by Gasteiger charge is -2.20. The first-order valence-corrected chi connectivity index (χ1v) is 5.43. The summed E-state index contributed by atoms with van der Waals surface area (Å²) in [4.78, 5) is 34.1. The zero-order valence-corrected chi connectivity index (χ0v) is 9.46. The SMILES string of the molecule is NC(=O)CN(CC(=O)O)C(=O)CC1C=CCC1. The highest BCUT2D eigenvalue weighted by Crippen LogP contribution is 2.21. The van der Waals surface area contributed by atoms with E-state index in [-0.39, 0.29) is 24.8 Å². The second-order valence-corrected chi connectivity index (χ2v) is 4.08. The van der Waals surface area contributed by atoms with Gasteiger partial charge in [0.05, 0.1) is 6.54 Å². The van der Waals surface area contributed by atoms with E-state index in [0.717, 1.165) is 17.7 Å². The standard InChI is InChI=1S/C11H16N2O4/c12-9(14)6-13(7-11(16)17)10(15)5-8-3-1-2-4-8/h1,3,8H,2,4-7H2,(H2,12,14)(H,16,17). The van der Waals surface area contributed by atoms with Gasteiger partial charge in [0.2, 0.25) is 11.8 Å². The van der Waals surface area contributed by atoms with Crippen molar-refractivity contribution >= 4 is 17.8 Å². The molecule has 1 unspecified atom stereocenters. The van der Waals surface area contributed by atoms with Crippen LogP contribution in [0, 0.1) is 5.92 Å². The van der Waals surface area contributed by atoms with Crippen molar-refractivity contribution in [1.29, 1.82) is 0 Å². The van der Waals surface area contributed by atoms with Crippen molar-refractivity contribution in [2.24, 2.45) is 11.7 Å². The summed E-state index contributed by atoms with van der Waals surface area (Å²) >= 11 is 0. The number of carbonyl (C=O) groups is 3. The molecule has 17 heavy (non-hydrogen) atoms. The first kappa shape index (κ1) is 13.2. The van der Waals surface area contributed by atoms with Gasteiger partial charge in [-0.1, -0.05) is 12.2 Å². The van der Waals surface area contributed by atoms with Gasteiger partial charge in [-0.3, -0.25) is 14.4 Å². The molecule has 0 spiro atoms. The van der Waals surface area contributed by atoms with Crippen LogP contribution in [0.1, 0.15) is 19.3 Å². The number of hydrogen-bond acceptors (Lipinski definition) is 3. The Bertz CT molecular complexity index is 335. The van der Waals surface area contributed by atoms with Gasteiger partial charge in [0.25, 0.3) is 0 Å². The summed E-state index contributed by atoms with van der Waals surface area (Å²) < 4.78 is 0. The maximum Gasteiger partial charge on any atom is 0.323 e. The number of aliphatic carboxylic acids is 1. The number of carboxylic acids is 1. The van der Waals surface area contributed by atoms with E-state index in [0.29, 0.717) is 0 Å². The van der Waals surface area contributed by atoms with Gasteiger partial charge in [-0.15, -0.1) is 0 Å². The van der Waals surface area contributed by atoms with Crippen LogP contribution in [-0.2, 0) is 14.4 Å². The molecule has 0 aromatic carbocycles. The smallest absolute Gasteiger partial charge is 0.323 e. The molecule has 1 atom stereocenters. The van der Waals surface area contributed by atoms with Crippen molar-refractivity contribution in [3.63, 3.8) is 0 Å². The Labute approximate surface area is 99.1 Å². The number of primary amides is 1. The fourth-order valence-electron chi connectivity index (χ4n) is 1.80. The molecule has 0 aliphatic heterocycles. The molecule has 0 aromatic heterocycles. The molecule has 2 amide bonds. The molecule has 0 heterocycles. The van der Waals surface area contributed by atoms with Crippen molar-refractivity contribution in [3.05, 3.63) is 12.2 Å². The third kappa shape index (κ3) is 4.67. The summed E-state index contributed by atoms with van der Waals surface area (Å²) in [6.07, 6.45) is 6.00. The van der Waals surface area contributed by atoms with Gasteiger partial charge in [0.1, 0.15) is 6.54 Å². The van der Waals surface area contributed by atoms with Crippen molar-refractivity contribution in [1.82, 2.24) is 4.90 Å². The van der Waals surface area contributed by atoms with E-state index in [1.54, 1.807) is 0 Å². The number of hydrogen-bond donors (Lipinski definition) is 2. The van der Waals surface area contributed by atoms with Crippen LogP contribution >= 0.6 is 0 Å². The lowest BCUT2D eigenvalue weighted by Crippen LogP contribution is -2.42. The highest BCUT2D eigenvalue weighted by molar-refractivity contribution is 5.86. The average Bonchev–Trinajstić information content (AvgIpc) is 2.67. The molecule has 3 N–H and O–H groups in total. The molecule has 0 radical (unpaired) electrons. The van der Waals surface area contributed by atoms with Gasteiger partial charge < -0.3 is 15.7 Å². The molecule has 6 heteroatoms. The fraction of sp³-hybridized carbons (Fsp3) is 0.545. The van der Waals surface area contributed by atoms with Crippen LogP contribution in [0.5, 0.6) is 0 Å². The van der Waals surface area contributed by atoms with Crippen molar-refractivity contribution in [3.8, 4) is 0 Å². The molecule has 1 rings (SSSR count). The first-order valence-electron chi connectivity index (χ1n) is 5.43. The number of nitrogens with zero attached hydrogens (tertiary/aromatic N) is 1. The Kier molecular flexibility index (Phi) is 4.68. The number of nitrogens with two attached hydrogens (primary N) is 1. The summed E-state index contributed by atoms with van der Waals surface area (Å²) in [7, 11) is 0. The minimum Gasteiger partial charge on any atom is -0.480 e.